The maximum Gasteiger partial charge on any atom is 0.254 e. The molecular weight excluding hydrogens is 214 g/mol. The number of hydrogen-bond donors (Lipinski definition) is 0. The van der Waals surface area contributed by atoms with E-state index < -0.39 is 0 Å². The molecule has 0 aliphatic carbocycles. The van der Waals surface area contributed by atoms with Gasteiger partial charge >= 0.3 is 0 Å². The van der Waals surface area contributed by atoms with Gasteiger partial charge in [0.1, 0.15) is 0 Å². The van der Waals surface area contributed by atoms with E-state index in [4.69, 9.17) is 0 Å². The van der Waals surface area contributed by atoms with E-state index in [2.05, 4.69) is 6.92 Å². The number of carbonyl (C=O) groups excluding carboxylic acids is 1. The predicted molar refractivity (Wildman–Crippen MR) is 68.3 cm³/mol. The number of Topliss-reactive ketones (excluding diaryl/α,β-unsaturated/α-hetero) is 1. The zero-order valence-corrected chi connectivity index (χ0v) is 10.5. The second kappa shape index (κ2) is 4.32. The molecule has 0 fully saturated rings. The number of aromatic nitrogens is 1. The van der Waals surface area contributed by atoms with Crippen LogP contribution in [0, 0.1) is 6.92 Å². The van der Waals surface area contributed by atoms with E-state index >= 15 is 0 Å². The van der Waals surface area contributed by atoms with Gasteiger partial charge < -0.3 is 4.57 Å². The van der Waals surface area contributed by atoms with Gasteiger partial charge in [0.15, 0.2) is 5.78 Å². The number of hydrogen-bond acceptors (Lipinski definition) is 2. The van der Waals surface area contributed by atoms with E-state index in [1.165, 1.54) is 0 Å². The van der Waals surface area contributed by atoms with Gasteiger partial charge in [0, 0.05) is 18.5 Å². The van der Waals surface area contributed by atoms with Gasteiger partial charge in [-0.1, -0.05) is 13.0 Å². The Balaban J connectivity index is 2.72. The van der Waals surface area contributed by atoms with Crippen molar-refractivity contribution >= 4 is 11.4 Å². The highest BCUT2D eigenvalue weighted by Crippen LogP contribution is 2.23. The van der Waals surface area contributed by atoms with Crippen molar-refractivity contribution in [2.75, 3.05) is 0 Å². The molecule has 2 rings (SSSR count). The summed E-state index contributed by atoms with van der Waals surface area (Å²) in [7, 11) is 0. The quantitative estimate of drug-likeness (QED) is 0.784. The van der Waals surface area contributed by atoms with Crippen molar-refractivity contribution < 1.29 is 4.79 Å². The second-order valence-corrected chi connectivity index (χ2v) is 4.37. The Morgan fingerprint density at radius 2 is 2.18 bits per heavy atom. The summed E-state index contributed by atoms with van der Waals surface area (Å²) in [4.78, 5) is 23.8. The van der Waals surface area contributed by atoms with Crippen LogP contribution in [0.15, 0.2) is 16.9 Å². The van der Waals surface area contributed by atoms with E-state index in [1.54, 1.807) is 4.57 Å². The highest BCUT2D eigenvalue weighted by atomic mass is 16.1. The van der Waals surface area contributed by atoms with Gasteiger partial charge in [0.2, 0.25) is 0 Å². The zero-order chi connectivity index (χ0) is 12.6. The number of carbonyl (C=O) groups is 1. The van der Waals surface area contributed by atoms with E-state index in [9.17, 15) is 9.59 Å². The van der Waals surface area contributed by atoms with E-state index in [0.717, 1.165) is 23.1 Å². The number of nitrogens with zero attached hydrogens (tertiary/aromatic N) is 1. The Hall–Kier alpha value is -1.64. The number of fused-ring (bicyclic) bond motifs is 1. The van der Waals surface area contributed by atoms with Crippen LogP contribution in [0.25, 0.3) is 5.57 Å². The van der Waals surface area contributed by atoms with Crippen molar-refractivity contribution in [3.05, 3.63) is 39.3 Å². The lowest BCUT2D eigenvalue weighted by molar-refractivity contribution is 0.0994. The standard InChI is InChI=1S/C14H17NO2/c1-4-10(5-2)11-8-12-13(16)6-7-15(12)14(17)9(11)3/h4,8H,5-7H2,1-3H3/b10-4+. The van der Waals surface area contributed by atoms with Crippen LogP contribution >= 0.6 is 0 Å². The lowest BCUT2D eigenvalue weighted by atomic mass is 9.98. The first kappa shape index (κ1) is 11.8. The molecule has 0 saturated heterocycles. The van der Waals surface area contributed by atoms with Gasteiger partial charge in [-0.3, -0.25) is 9.59 Å². The van der Waals surface area contributed by atoms with Crippen molar-refractivity contribution in [3.63, 3.8) is 0 Å². The van der Waals surface area contributed by atoms with Gasteiger partial charge in [-0.25, -0.2) is 0 Å². The Bertz CT molecular complexity index is 564. The van der Waals surface area contributed by atoms with Crippen molar-refractivity contribution in [2.45, 2.75) is 40.2 Å². The number of ketones is 1. The average Bonchev–Trinajstić information content (AvgIpc) is 2.69. The molecule has 90 valence electrons. The molecule has 0 radical (unpaired) electrons. The SMILES string of the molecule is C/C=C(\CC)c1cc2n(c(=O)c1C)CCC2=O. The van der Waals surface area contributed by atoms with E-state index in [0.29, 0.717) is 18.7 Å². The Kier molecular flexibility index (Phi) is 3.01. The highest BCUT2D eigenvalue weighted by Gasteiger charge is 2.23. The molecule has 1 aromatic heterocycles. The first-order valence-electron chi connectivity index (χ1n) is 6.03. The van der Waals surface area contributed by atoms with Crippen molar-refractivity contribution in [1.82, 2.24) is 4.57 Å². The third-order valence-corrected chi connectivity index (χ3v) is 3.47. The summed E-state index contributed by atoms with van der Waals surface area (Å²) in [6.45, 7) is 6.39. The predicted octanol–water partition coefficient (Wildman–Crippen LogP) is 2.56. The molecule has 2 heterocycles. The molecule has 0 N–H and O–H groups in total. The highest BCUT2D eigenvalue weighted by molar-refractivity contribution is 5.97. The van der Waals surface area contributed by atoms with Crippen molar-refractivity contribution in [2.24, 2.45) is 0 Å². The normalized spacial score (nSPS) is 15.2. The molecule has 1 aliphatic rings. The average molecular weight is 231 g/mol. The summed E-state index contributed by atoms with van der Waals surface area (Å²) in [5, 5.41) is 0. The fourth-order valence-corrected chi connectivity index (χ4v) is 2.43. The molecule has 0 spiro atoms. The van der Waals surface area contributed by atoms with Crippen LogP contribution in [-0.4, -0.2) is 10.4 Å². The van der Waals surface area contributed by atoms with E-state index in [1.807, 2.05) is 26.0 Å². The molecule has 3 heteroatoms. The summed E-state index contributed by atoms with van der Waals surface area (Å²) in [6, 6.07) is 1.88. The second-order valence-electron chi connectivity index (χ2n) is 4.37. The maximum absolute atomic E-state index is 12.1. The molecule has 17 heavy (non-hydrogen) atoms. The molecular formula is C14H17NO2. The smallest absolute Gasteiger partial charge is 0.254 e. The Morgan fingerprint density at radius 3 is 2.76 bits per heavy atom. The summed E-state index contributed by atoms with van der Waals surface area (Å²) < 4.78 is 1.60. The molecule has 0 unspecified atom stereocenters. The molecule has 0 atom stereocenters. The molecule has 0 saturated carbocycles. The van der Waals surface area contributed by atoms with Gasteiger partial charge in [-0.15, -0.1) is 0 Å². The molecule has 3 nitrogen and oxygen atoms in total. The minimum absolute atomic E-state index is 0.0175. The van der Waals surface area contributed by atoms with Crippen LogP contribution in [0.5, 0.6) is 0 Å². The third-order valence-electron chi connectivity index (χ3n) is 3.47. The van der Waals surface area contributed by atoms with Crippen LogP contribution in [0.4, 0.5) is 0 Å². The van der Waals surface area contributed by atoms with Crippen LogP contribution in [0.3, 0.4) is 0 Å². The van der Waals surface area contributed by atoms with E-state index in [-0.39, 0.29) is 11.3 Å². The first-order chi connectivity index (χ1) is 8.10. The fraction of sp³-hybridized carbons (Fsp3) is 0.429. The number of allylic oxidation sites excluding steroid dienone is 2. The van der Waals surface area contributed by atoms with Gasteiger partial charge in [-0.2, -0.15) is 0 Å². The van der Waals surface area contributed by atoms with Crippen LogP contribution < -0.4 is 5.56 Å². The number of pyridine rings is 1. The van der Waals surface area contributed by atoms with Gasteiger partial charge in [0.25, 0.3) is 5.56 Å². The zero-order valence-electron chi connectivity index (χ0n) is 10.5. The van der Waals surface area contributed by atoms with Crippen molar-refractivity contribution in [1.29, 1.82) is 0 Å². The minimum atomic E-state index is -0.0175. The molecule has 0 amide bonds. The topological polar surface area (TPSA) is 39.1 Å². The Morgan fingerprint density at radius 1 is 1.47 bits per heavy atom. The van der Waals surface area contributed by atoms with Crippen LogP contribution in [0.2, 0.25) is 0 Å². The first-order valence-corrected chi connectivity index (χ1v) is 6.03. The lowest BCUT2D eigenvalue weighted by Crippen LogP contribution is -2.23. The van der Waals surface area contributed by atoms with Gasteiger partial charge in [-0.05, 0) is 37.5 Å². The molecule has 1 aromatic rings. The number of rotatable bonds is 2. The summed E-state index contributed by atoms with van der Waals surface area (Å²) >= 11 is 0. The molecule has 1 aliphatic heterocycles. The monoisotopic (exact) mass is 231 g/mol. The van der Waals surface area contributed by atoms with Gasteiger partial charge in [0.05, 0.1) is 5.69 Å². The van der Waals surface area contributed by atoms with Crippen LogP contribution in [0.1, 0.15) is 48.3 Å². The summed E-state index contributed by atoms with van der Waals surface area (Å²) in [5.74, 6) is 0.0786. The maximum atomic E-state index is 12.1. The summed E-state index contributed by atoms with van der Waals surface area (Å²) in [5.41, 5.74) is 3.36. The largest absolute Gasteiger partial charge is 0.305 e. The molecule has 0 aromatic carbocycles. The Labute approximate surface area is 101 Å². The minimum Gasteiger partial charge on any atom is -0.305 e. The fourth-order valence-electron chi connectivity index (χ4n) is 2.43. The lowest BCUT2D eigenvalue weighted by Gasteiger charge is -2.11. The van der Waals surface area contributed by atoms with Crippen LogP contribution in [-0.2, 0) is 6.54 Å². The van der Waals surface area contributed by atoms with Crippen molar-refractivity contribution in [3.8, 4) is 0 Å². The molecule has 0 bridgehead atoms. The third kappa shape index (κ3) is 1.75. The summed E-state index contributed by atoms with van der Waals surface area (Å²) in [6.07, 6.45) is 3.34.